The molecule has 2 amide bonds. The van der Waals surface area contributed by atoms with Crippen molar-refractivity contribution in [2.75, 3.05) is 18.4 Å². The van der Waals surface area contributed by atoms with Gasteiger partial charge in [0.25, 0.3) is 11.8 Å². The Hall–Kier alpha value is -3.39. The van der Waals surface area contributed by atoms with Gasteiger partial charge in [-0.15, -0.1) is 0 Å². The molecule has 0 fully saturated rings. The summed E-state index contributed by atoms with van der Waals surface area (Å²) in [6.07, 6.45) is 0.651. The molecule has 0 radical (unpaired) electrons. The molecule has 2 aromatic rings. The van der Waals surface area contributed by atoms with Crippen molar-refractivity contribution in [1.82, 2.24) is 5.32 Å². The Kier molecular flexibility index (Phi) is 6.29. The van der Waals surface area contributed by atoms with Gasteiger partial charge in [-0.05, 0) is 49.4 Å². The van der Waals surface area contributed by atoms with Gasteiger partial charge in [0.2, 0.25) is 0 Å². The van der Waals surface area contributed by atoms with Crippen molar-refractivity contribution in [3.05, 3.63) is 59.2 Å². The lowest BCUT2D eigenvalue weighted by atomic mass is 10.1. The average Bonchev–Trinajstić information content (AvgIpc) is 2.63. The second kappa shape index (κ2) is 8.63. The van der Waals surface area contributed by atoms with Crippen molar-refractivity contribution in [3.63, 3.8) is 0 Å². The minimum absolute atomic E-state index is 0.211. The van der Waals surface area contributed by atoms with Crippen LogP contribution in [0.5, 0.6) is 5.75 Å². The normalized spacial score (nSPS) is 10.2. The number of carboxylic acid groups (broad SMARTS) is 1. The van der Waals surface area contributed by atoms with Crippen molar-refractivity contribution in [1.29, 1.82) is 0 Å². The SMILES string of the molecule is NCCCNC(=O)c1cccc(C(=O)Nc2ccc(O)c(C(=O)O)c2)c1. The molecule has 0 heterocycles. The molecule has 136 valence electrons. The number of phenols is 1. The number of rotatable bonds is 7. The van der Waals surface area contributed by atoms with E-state index in [1.165, 1.54) is 24.3 Å². The summed E-state index contributed by atoms with van der Waals surface area (Å²) in [6, 6.07) is 9.84. The molecular formula is C18H19N3O5. The van der Waals surface area contributed by atoms with Gasteiger partial charge in [-0.1, -0.05) is 6.07 Å². The van der Waals surface area contributed by atoms with E-state index in [4.69, 9.17) is 10.8 Å². The van der Waals surface area contributed by atoms with Crippen molar-refractivity contribution >= 4 is 23.5 Å². The first kappa shape index (κ1) is 18.9. The van der Waals surface area contributed by atoms with Gasteiger partial charge in [0.15, 0.2) is 0 Å². The van der Waals surface area contributed by atoms with Gasteiger partial charge >= 0.3 is 5.97 Å². The van der Waals surface area contributed by atoms with Crippen LogP contribution in [0.25, 0.3) is 0 Å². The summed E-state index contributed by atoms with van der Waals surface area (Å²) in [6.45, 7) is 0.908. The standard InChI is InChI=1S/C18H19N3O5/c19-7-2-8-20-16(23)11-3-1-4-12(9-11)17(24)21-13-5-6-15(22)14(10-13)18(25)26/h1,3-6,9-10,22H,2,7-8,19H2,(H,20,23)(H,21,24)(H,25,26). The fourth-order valence-corrected chi connectivity index (χ4v) is 2.20. The number of hydrogen-bond acceptors (Lipinski definition) is 5. The van der Waals surface area contributed by atoms with Gasteiger partial charge in [-0.25, -0.2) is 4.79 Å². The number of benzene rings is 2. The van der Waals surface area contributed by atoms with E-state index in [1.54, 1.807) is 12.1 Å². The van der Waals surface area contributed by atoms with Gasteiger partial charge in [-0.3, -0.25) is 9.59 Å². The molecule has 0 aliphatic rings. The quantitative estimate of drug-likeness (QED) is 0.375. The predicted octanol–water partition coefficient (Wildman–Crippen LogP) is 1.42. The predicted molar refractivity (Wildman–Crippen MR) is 95.5 cm³/mol. The highest BCUT2D eigenvalue weighted by Crippen LogP contribution is 2.22. The van der Waals surface area contributed by atoms with Crippen LogP contribution in [-0.2, 0) is 0 Å². The van der Waals surface area contributed by atoms with Crippen LogP contribution in [0.3, 0.4) is 0 Å². The summed E-state index contributed by atoms with van der Waals surface area (Å²) < 4.78 is 0. The number of carbonyl (C=O) groups excluding carboxylic acids is 2. The van der Waals surface area contributed by atoms with Crippen molar-refractivity contribution in [3.8, 4) is 5.75 Å². The Balaban J connectivity index is 2.13. The number of carbonyl (C=O) groups is 3. The van der Waals surface area contributed by atoms with Crippen LogP contribution in [0.4, 0.5) is 5.69 Å². The molecule has 0 spiro atoms. The number of anilines is 1. The van der Waals surface area contributed by atoms with E-state index in [2.05, 4.69) is 10.6 Å². The van der Waals surface area contributed by atoms with E-state index >= 15 is 0 Å². The van der Waals surface area contributed by atoms with Gasteiger partial charge in [-0.2, -0.15) is 0 Å². The molecule has 0 bridgehead atoms. The monoisotopic (exact) mass is 357 g/mol. The fourth-order valence-electron chi connectivity index (χ4n) is 2.20. The van der Waals surface area contributed by atoms with Crippen LogP contribution >= 0.6 is 0 Å². The largest absolute Gasteiger partial charge is 0.507 e. The fraction of sp³-hybridized carbons (Fsp3) is 0.167. The molecule has 0 aromatic heterocycles. The first-order valence-electron chi connectivity index (χ1n) is 7.88. The smallest absolute Gasteiger partial charge is 0.339 e. The van der Waals surface area contributed by atoms with Crippen molar-refractivity contribution in [2.45, 2.75) is 6.42 Å². The highest BCUT2D eigenvalue weighted by atomic mass is 16.4. The topological polar surface area (TPSA) is 142 Å². The van der Waals surface area contributed by atoms with E-state index in [0.717, 1.165) is 6.07 Å². The molecule has 6 N–H and O–H groups in total. The highest BCUT2D eigenvalue weighted by molar-refractivity contribution is 6.06. The average molecular weight is 357 g/mol. The Labute approximate surface area is 149 Å². The lowest BCUT2D eigenvalue weighted by Gasteiger charge is -2.09. The van der Waals surface area contributed by atoms with E-state index in [9.17, 15) is 19.5 Å². The maximum absolute atomic E-state index is 12.3. The molecule has 0 atom stereocenters. The Morgan fingerprint density at radius 3 is 2.35 bits per heavy atom. The van der Waals surface area contributed by atoms with E-state index in [-0.39, 0.29) is 22.7 Å². The Morgan fingerprint density at radius 2 is 1.69 bits per heavy atom. The van der Waals surface area contributed by atoms with Crippen molar-refractivity contribution < 1.29 is 24.6 Å². The van der Waals surface area contributed by atoms with Crippen LogP contribution in [0.2, 0.25) is 0 Å². The number of nitrogens with two attached hydrogens (primary N) is 1. The minimum Gasteiger partial charge on any atom is -0.507 e. The van der Waals surface area contributed by atoms with Gasteiger partial charge in [0, 0.05) is 23.4 Å². The first-order chi connectivity index (χ1) is 12.4. The Morgan fingerprint density at radius 1 is 1.00 bits per heavy atom. The van der Waals surface area contributed by atoms with Crippen LogP contribution in [0.1, 0.15) is 37.5 Å². The third-order valence-corrected chi connectivity index (χ3v) is 3.54. The molecule has 0 unspecified atom stereocenters. The number of amides is 2. The zero-order valence-electron chi connectivity index (χ0n) is 13.9. The molecule has 0 saturated heterocycles. The zero-order valence-corrected chi connectivity index (χ0v) is 13.9. The molecule has 0 aliphatic heterocycles. The number of carboxylic acids is 1. The van der Waals surface area contributed by atoms with Gasteiger partial charge in [0.1, 0.15) is 11.3 Å². The van der Waals surface area contributed by atoms with Gasteiger partial charge in [0.05, 0.1) is 0 Å². The van der Waals surface area contributed by atoms with Gasteiger partial charge < -0.3 is 26.6 Å². The zero-order chi connectivity index (χ0) is 19.1. The lowest BCUT2D eigenvalue weighted by molar-refractivity contribution is 0.0693. The molecule has 8 heteroatoms. The maximum Gasteiger partial charge on any atom is 0.339 e. The van der Waals surface area contributed by atoms with Crippen LogP contribution in [0.15, 0.2) is 42.5 Å². The lowest BCUT2D eigenvalue weighted by Crippen LogP contribution is -2.26. The molecule has 26 heavy (non-hydrogen) atoms. The molecule has 2 rings (SSSR count). The molecule has 8 nitrogen and oxygen atoms in total. The van der Waals surface area contributed by atoms with E-state index in [1.807, 2.05) is 0 Å². The number of aromatic hydroxyl groups is 1. The summed E-state index contributed by atoms with van der Waals surface area (Å²) in [5.41, 5.74) is 5.82. The third kappa shape index (κ3) is 4.81. The Bertz CT molecular complexity index is 835. The molecule has 2 aromatic carbocycles. The molecule has 0 saturated carbocycles. The molecule has 0 aliphatic carbocycles. The summed E-state index contributed by atoms with van der Waals surface area (Å²) >= 11 is 0. The summed E-state index contributed by atoms with van der Waals surface area (Å²) in [7, 11) is 0. The summed E-state index contributed by atoms with van der Waals surface area (Å²) in [5, 5.41) is 23.7. The summed E-state index contributed by atoms with van der Waals surface area (Å²) in [5.74, 6) is -2.53. The van der Waals surface area contributed by atoms with Crippen LogP contribution < -0.4 is 16.4 Å². The highest BCUT2D eigenvalue weighted by Gasteiger charge is 2.14. The van der Waals surface area contributed by atoms with Crippen LogP contribution in [-0.4, -0.2) is 41.1 Å². The van der Waals surface area contributed by atoms with E-state index < -0.39 is 17.6 Å². The first-order valence-corrected chi connectivity index (χ1v) is 7.88. The number of hydrogen-bond donors (Lipinski definition) is 5. The summed E-state index contributed by atoms with van der Waals surface area (Å²) in [4.78, 5) is 35.4. The minimum atomic E-state index is -1.31. The van der Waals surface area contributed by atoms with Crippen LogP contribution in [0, 0.1) is 0 Å². The molecular weight excluding hydrogens is 338 g/mol. The third-order valence-electron chi connectivity index (χ3n) is 3.54. The number of aromatic carboxylic acids is 1. The second-order valence-electron chi connectivity index (χ2n) is 5.47. The van der Waals surface area contributed by atoms with E-state index in [0.29, 0.717) is 25.1 Å². The number of nitrogens with one attached hydrogen (secondary N) is 2. The second-order valence-corrected chi connectivity index (χ2v) is 5.47. The van der Waals surface area contributed by atoms with Crippen molar-refractivity contribution in [2.24, 2.45) is 5.73 Å². The maximum atomic E-state index is 12.3.